The SMILES string of the molecule is COc1ccc(C(C)C)cc1[C@H](N)C(F)(F)C(F)(F)F. The van der Waals surface area contributed by atoms with Gasteiger partial charge in [0, 0.05) is 5.56 Å². The van der Waals surface area contributed by atoms with Crippen molar-refractivity contribution in [3.63, 3.8) is 0 Å². The van der Waals surface area contributed by atoms with E-state index in [0.29, 0.717) is 5.56 Å². The van der Waals surface area contributed by atoms with E-state index < -0.39 is 18.1 Å². The van der Waals surface area contributed by atoms with Crippen LogP contribution >= 0.6 is 0 Å². The summed E-state index contributed by atoms with van der Waals surface area (Å²) in [6, 6.07) is 1.66. The molecule has 1 atom stereocenters. The molecule has 7 heteroatoms. The average Bonchev–Trinajstić information content (AvgIpc) is 2.35. The molecule has 0 amide bonds. The van der Waals surface area contributed by atoms with Crippen LogP contribution in [0.15, 0.2) is 18.2 Å². The van der Waals surface area contributed by atoms with Gasteiger partial charge in [-0.2, -0.15) is 22.0 Å². The van der Waals surface area contributed by atoms with Gasteiger partial charge in [-0.15, -0.1) is 0 Å². The van der Waals surface area contributed by atoms with E-state index in [4.69, 9.17) is 10.5 Å². The number of ether oxygens (including phenoxy) is 1. The van der Waals surface area contributed by atoms with Crippen LogP contribution in [0.25, 0.3) is 0 Å². The predicted octanol–water partition coefficient (Wildman–Crippen LogP) is 4.02. The van der Waals surface area contributed by atoms with E-state index in [-0.39, 0.29) is 17.2 Å². The zero-order valence-electron chi connectivity index (χ0n) is 11.3. The minimum absolute atomic E-state index is 0.0358. The number of alkyl halides is 5. The van der Waals surface area contributed by atoms with Gasteiger partial charge in [-0.3, -0.25) is 0 Å². The minimum Gasteiger partial charge on any atom is -0.496 e. The fraction of sp³-hybridized carbons (Fsp3) is 0.538. The van der Waals surface area contributed by atoms with E-state index in [1.807, 2.05) is 0 Å². The third-order valence-corrected chi connectivity index (χ3v) is 3.02. The fourth-order valence-electron chi connectivity index (χ4n) is 1.73. The topological polar surface area (TPSA) is 35.2 Å². The summed E-state index contributed by atoms with van der Waals surface area (Å²) < 4.78 is 68.7. The van der Waals surface area contributed by atoms with E-state index in [9.17, 15) is 22.0 Å². The Morgan fingerprint density at radius 2 is 1.65 bits per heavy atom. The highest BCUT2D eigenvalue weighted by molar-refractivity contribution is 5.41. The second-order valence-corrected chi connectivity index (χ2v) is 4.75. The van der Waals surface area contributed by atoms with E-state index in [1.54, 1.807) is 19.9 Å². The van der Waals surface area contributed by atoms with Crippen LogP contribution in [0.2, 0.25) is 0 Å². The summed E-state index contributed by atoms with van der Waals surface area (Å²) in [4.78, 5) is 0. The number of rotatable bonds is 4. The van der Waals surface area contributed by atoms with Gasteiger partial charge in [0.15, 0.2) is 0 Å². The van der Waals surface area contributed by atoms with Crippen LogP contribution in [0, 0.1) is 0 Å². The van der Waals surface area contributed by atoms with Crippen LogP contribution in [0.5, 0.6) is 5.75 Å². The van der Waals surface area contributed by atoms with Gasteiger partial charge in [0.05, 0.1) is 7.11 Å². The van der Waals surface area contributed by atoms with Crippen LogP contribution in [-0.4, -0.2) is 19.2 Å². The Labute approximate surface area is 113 Å². The molecule has 0 spiro atoms. The lowest BCUT2D eigenvalue weighted by atomic mass is 9.94. The lowest BCUT2D eigenvalue weighted by Crippen LogP contribution is -2.46. The monoisotopic (exact) mass is 297 g/mol. The van der Waals surface area contributed by atoms with Crippen molar-refractivity contribution in [1.29, 1.82) is 0 Å². The quantitative estimate of drug-likeness (QED) is 0.852. The highest BCUT2D eigenvalue weighted by Gasteiger charge is 2.62. The number of benzene rings is 1. The molecule has 20 heavy (non-hydrogen) atoms. The smallest absolute Gasteiger partial charge is 0.455 e. The maximum absolute atomic E-state index is 13.4. The van der Waals surface area contributed by atoms with Crippen LogP contribution in [0.1, 0.15) is 36.9 Å². The average molecular weight is 297 g/mol. The van der Waals surface area contributed by atoms with E-state index in [2.05, 4.69) is 0 Å². The Bertz CT molecular complexity index is 470. The van der Waals surface area contributed by atoms with Crippen molar-refractivity contribution in [2.75, 3.05) is 7.11 Å². The van der Waals surface area contributed by atoms with Crippen LogP contribution < -0.4 is 10.5 Å². The number of halogens is 5. The first-order chi connectivity index (χ1) is 9.02. The van der Waals surface area contributed by atoms with Crippen LogP contribution in [0.3, 0.4) is 0 Å². The lowest BCUT2D eigenvalue weighted by Gasteiger charge is -2.27. The molecule has 2 nitrogen and oxygen atoms in total. The minimum atomic E-state index is -5.72. The number of methoxy groups -OCH3 is 1. The van der Waals surface area contributed by atoms with Gasteiger partial charge in [0.1, 0.15) is 11.8 Å². The molecule has 1 aromatic carbocycles. The summed E-state index contributed by atoms with van der Waals surface area (Å²) in [6.45, 7) is 3.58. The summed E-state index contributed by atoms with van der Waals surface area (Å²) >= 11 is 0. The summed E-state index contributed by atoms with van der Waals surface area (Å²) in [5.74, 6) is -5.16. The Balaban J connectivity index is 3.33. The van der Waals surface area contributed by atoms with Crippen LogP contribution in [-0.2, 0) is 0 Å². The van der Waals surface area contributed by atoms with Gasteiger partial charge < -0.3 is 10.5 Å². The molecule has 0 fully saturated rings. The Morgan fingerprint density at radius 1 is 1.10 bits per heavy atom. The number of nitrogens with two attached hydrogens (primary N) is 1. The van der Waals surface area contributed by atoms with Gasteiger partial charge >= 0.3 is 12.1 Å². The van der Waals surface area contributed by atoms with Crippen molar-refractivity contribution < 1.29 is 26.7 Å². The Kier molecular flexibility index (Phi) is 4.63. The first-order valence-electron chi connectivity index (χ1n) is 5.90. The summed E-state index contributed by atoms with van der Waals surface area (Å²) in [5.41, 5.74) is 5.40. The third-order valence-electron chi connectivity index (χ3n) is 3.02. The zero-order chi connectivity index (χ0) is 15.7. The molecular formula is C13H16F5NO. The van der Waals surface area contributed by atoms with Gasteiger partial charge in [-0.1, -0.05) is 26.0 Å². The fourth-order valence-corrected chi connectivity index (χ4v) is 1.73. The maximum Gasteiger partial charge on any atom is 0.455 e. The molecule has 0 aromatic heterocycles. The van der Waals surface area contributed by atoms with Gasteiger partial charge in [-0.05, 0) is 17.5 Å². The molecule has 0 heterocycles. The maximum atomic E-state index is 13.4. The van der Waals surface area contributed by atoms with Crippen molar-refractivity contribution in [2.24, 2.45) is 5.73 Å². The molecule has 1 aromatic rings. The molecule has 0 saturated heterocycles. The summed E-state index contributed by atoms with van der Waals surface area (Å²) in [6.07, 6.45) is -5.72. The van der Waals surface area contributed by atoms with E-state index in [1.165, 1.54) is 19.2 Å². The second-order valence-electron chi connectivity index (χ2n) is 4.75. The van der Waals surface area contributed by atoms with Crippen molar-refractivity contribution in [1.82, 2.24) is 0 Å². The molecule has 0 saturated carbocycles. The Hall–Kier alpha value is -1.37. The van der Waals surface area contributed by atoms with Gasteiger partial charge in [0.25, 0.3) is 0 Å². The Morgan fingerprint density at radius 3 is 2.05 bits per heavy atom. The molecule has 0 aliphatic carbocycles. The molecule has 0 bridgehead atoms. The highest BCUT2D eigenvalue weighted by atomic mass is 19.4. The summed E-state index contributed by atoms with van der Waals surface area (Å²) in [5, 5.41) is 0. The molecule has 114 valence electrons. The first-order valence-corrected chi connectivity index (χ1v) is 5.90. The van der Waals surface area contributed by atoms with Crippen LogP contribution in [0.4, 0.5) is 22.0 Å². The molecule has 0 radical (unpaired) electrons. The normalized spacial score (nSPS) is 14.5. The second kappa shape index (κ2) is 5.55. The molecule has 1 rings (SSSR count). The largest absolute Gasteiger partial charge is 0.496 e. The first kappa shape index (κ1) is 16.7. The molecule has 2 N–H and O–H groups in total. The number of hydrogen-bond acceptors (Lipinski definition) is 2. The highest BCUT2D eigenvalue weighted by Crippen LogP contribution is 2.45. The zero-order valence-corrected chi connectivity index (χ0v) is 11.3. The predicted molar refractivity (Wildman–Crippen MR) is 65.0 cm³/mol. The molecule has 0 aliphatic rings. The van der Waals surface area contributed by atoms with Crippen molar-refractivity contribution in [3.05, 3.63) is 29.3 Å². The van der Waals surface area contributed by atoms with Gasteiger partial charge in [-0.25, -0.2) is 0 Å². The van der Waals surface area contributed by atoms with Gasteiger partial charge in [0.2, 0.25) is 0 Å². The molecule has 0 unspecified atom stereocenters. The summed E-state index contributed by atoms with van der Waals surface area (Å²) in [7, 11) is 1.19. The van der Waals surface area contributed by atoms with E-state index in [0.717, 1.165) is 0 Å². The van der Waals surface area contributed by atoms with E-state index >= 15 is 0 Å². The molecular weight excluding hydrogens is 281 g/mol. The standard InChI is InChI=1S/C13H16F5NO/c1-7(2)8-4-5-10(20-3)9(6-8)11(19)12(14,15)13(16,17)18/h4-7,11H,19H2,1-3H3/t11-/m0/s1. The van der Waals surface area contributed by atoms with Crippen molar-refractivity contribution >= 4 is 0 Å². The third kappa shape index (κ3) is 3.03. The lowest BCUT2D eigenvalue weighted by molar-refractivity contribution is -0.291. The van der Waals surface area contributed by atoms with Crippen molar-refractivity contribution in [3.8, 4) is 5.75 Å². The number of hydrogen-bond donors (Lipinski definition) is 1. The van der Waals surface area contributed by atoms with Crippen molar-refractivity contribution in [2.45, 2.75) is 37.9 Å². The molecule has 0 aliphatic heterocycles.